The van der Waals surface area contributed by atoms with Crippen LogP contribution >= 0.6 is 50.7 Å². The lowest BCUT2D eigenvalue weighted by molar-refractivity contribution is -0.0572. The second kappa shape index (κ2) is 12.6. The van der Waals surface area contributed by atoms with Crippen molar-refractivity contribution in [3.05, 3.63) is 29.3 Å². The van der Waals surface area contributed by atoms with Gasteiger partial charge in [-0.1, -0.05) is 24.5 Å². The number of aliphatic hydroxyl groups is 1. The van der Waals surface area contributed by atoms with Crippen molar-refractivity contribution in [2.75, 3.05) is 30.4 Å². The summed E-state index contributed by atoms with van der Waals surface area (Å²) in [6.45, 7) is -9.39. The summed E-state index contributed by atoms with van der Waals surface area (Å²) in [4.78, 5) is 35.4. The summed E-state index contributed by atoms with van der Waals surface area (Å²) in [6.07, 6.45) is -4.13. The monoisotopic (exact) mass is 750 g/mol. The number of rotatable bonds is 4. The molecule has 0 saturated carbocycles. The first-order valence-electron chi connectivity index (χ1n) is 13.9. The van der Waals surface area contributed by atoms with Gasteiger partial charge in [-0.15, -0.1) is 0 Å². The zero-order chi connectivity index (χ0) is 33.2. The van der Waals surface area contributed by atoms with Crippen LogP contribution in [-0.4, -0.2) is 93.6 Å². The number of fused-ring (bicyclic) bond motifs is 5. The summed E-state index contributed by atoms with van der Waals surface area (Å²) in [7, 11) is 0. The highest BCUT2D eigenvalue weighted by atomic mass is 32.7. The summed E-state index contributed by atoms with van der Waals surface area (Å²) in [5.74, 6) is -0.325. The molecule has 3 fully saturated rings. The zero-order valence-corrected chi connectivity index (χ0v) is 28.3. The third-order valence-electron chi connectivity index (χ3n) is 7.97. The minimum atomic E-state index is -4.26. The molecule has 4 aromatic heterocycles. The van der Waals surface area contributed by atoms with E-state index < -0.39 is 74.7 Å². The fourth-order valence-corrected chi connectivity index (χ4v) is 9.18. The number of thiol groups is 3. The normalized spacial score (nSPS) is 36.6. The number of H-pyrrole nitrogens is 1. The van der Waals surface area contributed by atoms with E-state index in [0.29, 0.717) is 12.2 Å². The maximum Gasteiger partial charge on any atom is 0.386 e. The van der Waals surface area contributed by atoms with Crippen LogP contribution in [0.3, 0.4) is 0 Å². The number of anilines is 2. The Kier molecular flexibility index (Phi) is 8.88. The predicted molar refractivity (Wildman–Crippen MR) is 173 cm³/mol. The molecule has 0 spiro atoms. The lowest BCUT2D eigenvalue weighted by atomic mass is 9.95. The number of hydrogen-bond acceptors (Lipinski definition) is 18. The average molecular weight is 751 g/mol. The maximum absolute atomic E-state index is 13.8. The molecule has 2 bridgehead atoms. The molecule has 25 heteroatoms. The highest BCUT2D eigenvalue weighted by Gasteiger charge is 2.53. The number of nitrogen functional groups attached to an aromatic ring is 2. The van der Waals surface area contributed by atoms with Gasteiger partial charge in [-0.25, -0.2) is 29.1 Å². The summed E-state index contributed by atoms with van der Waals surface area (Å²) < 4.78 is 65.8. The van der Waals surface area contributed by atoms with E-state index in [1.54, 1.807) is 0 Å². The van der Waals surface area contributed by atoms with E-state index in [1.165, 1.54) is 28.1 Å². The van der Waals surface area contributed by atoms with Crippen LogP contribution < -0.4 is 17.0 Å². The fraction of sp³-hybridized carbons (Fsp3) is 0.545. The molecule has 0 amide bonds. The van der Waals surface area contributed by atoms with E-state index in [-0.39, 0.29) is 40.7 Å². The zero-order valence-electron chi connectivity index (χ0n) is 23.8. The van der Waals surface area contributed by atoms with Gasteiger partial charge in [0.25, 0.3) is 5.56 Å². The number of nitrogens with zero attached hydrogens (tertiary/aromatic N) is 7. The molecule has 0 aliphatic carbocycles. The van der Waals surface area contributed by atoms with Crippen LogP contribution in [0.25, 0.3) is 22.3 Å². The SMILES string of the molecule is Nc1nc2c(ncn2[C@@H]2O[C@@H]3COP(=O)(S)OC4C(O)[C@H](n5cnc6c(N)ncnc65)O[C@@H]4COP(=O)(S)OC2C3CCS)c(=O)[nH]1. The minimum Gasteiger partial charge on any atom is -0.386 e. The van der Waals surface area contributed by atoms with E-state index in [2.05, 4.69) is 67.0 Å². The number of aromatic nitrogens is 8. The van der Waals surface area contributed by atoms with Gasteiger partial charge in [0.1, 0.15) is 36.3 Å². The lowest BCUT2D eigenvalue weighted by Gasteiger charge is -2.27. The van der Waals surface area contributed by atoms with Gasteiger partial charge in [0.2, 0.25) is 5.95 Å². The Morgan fingerprint density at radius 3 is 2.28 bits per heavy atom. The third kappa shape index (κ3) is 6.21. The molecular formula is C22H28N10O10P2S3. The van der Waals surface area contributed by atoms with Crippen LogP contribution in [0.5, 0.6) is 0 Å². The first-order valence-corrected chi connectivity index (χ1v) is 19.9. The smallest absolute Gasteiger partial charge is 0.386 e. The van der Waals surface area contributed by atoms with Crippen molar-refractivity contribution in [3.63, 3.8) is 0 Å². The molecule has 4 aromatic rings. The van der Waals surface area contributed by atoms with Gasteiger partial charge < -0.3 is 26.0 Å². The molecule has 20 nitrogen and oxygen atoms in total. The second-order valence-electron chi connectivity index (χ2n) is 10.8. The third-order valence-corrected chi connectivity index (χ3v) is 11.5. The maximum atomic E-state index is 13.8. The van der Waals surface area contributed by atoms with Crippen LogP contribution in [0.1, 0.15) is 18.9 Å². The van der Waals surface area contributed by atoms with E-state index in [0.717, 1.165) is 0 Å². The number of imidazole rings is 2. The first kappa shape index (κ1) is 33.2. The van der Waals surface area contributed by atoms with Gasteiger partial charge in [-0.2, -0.15) is 17.6 Å². The van der Waals surface area contributed by atoms with Gasteiger partial charge >= 0.3 is 13.6 Å². The van der Waals surface area contributed by atoms with Crippen molar-refractivity contribution in [1.29, 1.82) is 0 Å². The molecule has 3 saturated heterocycles. The Morgan fingerprint density at radius 1 is 0.915 bits per heavy atom. The van der Waals surface area contributed by atoms with Gasteiger partial charge in [0, 0.05) is 5.92 Å². The molecule has 3 aliphatic heterocycles. The Morgan fingerprint density at radius 2 is 1.55 bits per heavy atom. The summed E-state index contributed by atoms with van der Waals surface area (Å²) in [6, 6.07) is 0. The van der Waals surface area contributed by atoms with E-state index in [1.807, 2.05) is 0 Å². The molecular weight excluding hydrogens is 722 g/mol. The van der Waals surface area contributed by atoms with Crippen LogP contribution in [-0.2, 0) is 36.7 Å². The molecule has 7 heterocycles. The van der Waals surface area contributed by atoms with E-state index in [9.17, 15) is 19.0 Å². The number of aromatic amines is 1. The summed E-state index contributed by atoms with van der Waals surface area (Å²) >= 11 is 12.8. The first-order chi connectivity index (χ1) is 22.4. The topological polar surface area (TPSA) is 269 Å². The molecule has 6 N–H and O–H groups in total. The second-order valence-corrected chi connectivity index (χ2v) is 17.0. The molecule has 6 unspecified atom stereocenters. The Bertz CT molecular complexity index is 1980. The van der Waals surface area contributed by atoms with Gasteiger partial charge in [0.15, 0.2) is 35.1 Å². The van der Waals surface area contributed by atoms with E-state index >= 15 is 0 Å². The molecule has 0 aromatic carbocycles. The van der Waals surface area contributed by atoms with Gasteiger partial charge in [-0.05, 0) is 12.2 Å². The van der Waals surface area contributed by atoms with Crippen molar-refractivity contribution >= 4 is 84.8 Å². The minimum absolute atomic E-state index is 0.0303. The Labute approximate surface area is 280 Å². The fourth-order valence-electron chi connectivity index (χ4n) is 5.90. The van der Waals surface area contributed by atoms with Crippen molar-refractivity contribution in [2.24, 2.45) is 5.92 Å². The highest BCUT2D eigenvalue weighted by Crippen LogP contribution is 2.61. The number of nitrogens with two attached hydrogens (primary N) is 2. The van der Waals surface area contributed by atoms with E-state index in [4.69, 9.17) is 39.0 Å². The molecule has 3 aliphatic rings. The van der Waals surface area contributed by atoms with Crippen LogP contribution in [0.15, 0.2) is 23.8 Å². The van der Waals surface area contributed by atoms with Crippen LogP contribution in [0, 0.1) is 5.92 Å². The Hall–Kier alpha value is -2.27. The highest BCUT2D eigenvalue weighted by molar-refractivity contribution is 8.44. The lowest BCUT2D eigenvalue weighted by Crippen LogP contribution is -2.35. The molecule has 47 heavy (non-hydrogen) atoms. The molecule has 7 rings (SSSR count). The standard InChI is InChI=1S/C22H28N10O10P2S3/c23-16-11-17(26-5-25-16)31(6-27-11)20-13(33)15-10(40-20)4-38-43(35,46)41-14-8(1-2-45)9(3-37-44(36,47)42-15)39-21(14)32-7-28-12-18(32)29-22(24)30-19(12)34/h5-10,13-15,20-21,33,45H,1-4H2,(H,35,46)(H,36,47)(H2,23,25,26)(H3,24,29,30,34)/t8?,9-,10-,13?,14?,15?,20-,21-,43?,44?/m1/s1. The van der Waals surface area contributed by atoms with Crippen molar-refractivity contribution < 1.29 is 41.8 Å². The van der Waals surface area contributed by atoms with Crippen molar-refractivity contribution in [1.82, 2.24) is 39.0 Å². The van der Waals surface area contributed by atoms with Crippen LogP contribution in [0.4, 0.5) is 11.8 Å². The van der Waals surface area contributed by atoms with Gasteiger partial charge in [0.05, 0.1) is 32.0 Å². The van der Waals surface area contributed by atoms with Crippen molar-refractivity contribution in [3.8, 4) is 0 Å². The molecule has 254 valence electrons. The predicted octanol–water partition coefficient (Wildman–Crippen LogP) is 1.11. The average Bonchev–Trinajstić information content (AvgIpc) is 3.76. The summed E-state index contributed by atoms with van der Waals surface area (Å²) in [5.41, 5.74) is 11.6. The Balaban J connectivity index is 1.23. The number of ether oxygens (including phenoxy) is 2. The van der Waals surface area contributed by atoms with Crippen LogP contribution in [0.2, 0.25) is 0 Å². The molecule has 0 radical (unpaired) electrons. The number of aliphatic hydroxyl groups excluding tert-OH is 1. The van der Waals surface area contributed by atoms with Crippen molar-refractivity contribution in [2.45, 2.75) is 49.4 Å². The largest absolute Gasteiger partial charge is 0.386 e. The quantitative estimate of drug-likeness (QED) is 0.114. The number of nitrogens with one attached hydrogen (secondary N) is 1. The molecule has 10 atom stereocenters. The van der Waals surface area contributed by atoms with Gasteiger partial charge in [-0.3, -0.25) is 37.0 Å². The summed E-state index contributed by atoms with van der Waals surface area (Å²) in [5, 5.41) is 11.4. The number of hydrogen-bond donors (Lipinski definition) is 7.